The predicted molar refractivity (Wildman–Crippen MR) is 148 cm³/mol. The van der Waals surface area contributed by atoms with Crippen molar-refractivity contribution in [3.63, 3.8) is 0 Å². The van der Waals surface area contributed by atoms with Crippen LogP contribution in [0.4, 0.5) is 11.4 Å². The van der Waals surface area contributed by atoms with Crippen LogP contribution in [-0.4, -0.2) is 34.8 Å². The molecule has 2 aromatic heterocycles. The molecule has 3 heterocycles. The number of methoxy groups -OCH3 is 2. The fourth-order valence-corrected chi connectivity index (χ4v) is 5.10. The third-order valence-electron chi connectivity index (χ3n) is 6.30. The SMILES string of the molecule is COc1ccc(N2C(=S)N[C@@H](c3ccccn3)[C@@H]2c2cccn2-c2ccccc2OC)cc1NC(C)=O. The van der Waals surface area contributed by atoms with Gasteiger partial charge in [0.2, 0.25) is 5.91 Å². The second kappa shape index (κ2) is 10.3. The molecule has 0 aliphatic carbocycles. The molecule has 2 atom stereocenters. The van der Waals surface area contributed by atoms with Crippen molar-refractivity contribution in [1.82, 2.24) is 14.9 Å². The molecule has 8 nitrogen and oxygen atoms in total. The van der Waals surface area contributed by atoms with Crippen molar-refractivity contribution in [3.8, 4) is 17.2 Å². The first-order valence-corrected chi connectivity index (χ1v) is 12.2. The quantitative estimate of drug-likeness (QED) is 0.336. The summed E-state index contributed by atoms with van der Waals surface area (Å²) in [4.78, 5) is 18.6. The Balaban J connectivity index is 1.68. The minimum absolute atomic E-state index is 0.189. The van der Waals surface area contributed by atoms with Crippen molar-refractivity contribution < 1.29 is 14.3 Å². The molecule has 0 saturated carbocycles. The van der Waals surface area contributed by atoms with Gasteiger partial charge >= 0.3 is 0 Å². The minimum atomic E-state index is -0.263. The van der Waals surface area contributed by atoms with Gasteiger partial charge in [-0.3, -0.25) is 9.78 Å². The van der Waals surface area contributed by atoms with Gasteiger partial charge in [-0.2, -0.15) is 0 Å². The molecule has 2 aromatic carbocycles. The summed E-state index contributed by atoms with van der Waals surface area (Å²) in [6.45, 7) is 1.47. The van der Waals surface area contributed by atoms with E-state index < -0.39 is 0 Å². The standard InChI is InChI=1S/C28H27N5O3S/c1-18(34)30-21-17-19(13-14-24(21)35-2)33-27(26(31-28(33)37)20-9-6-7-15-29-20)23-11-8-16-32(23)22-10-4-5-12-25(22)36-3/h4-17,26-27H,1-3H3,(H,30,34)(H,31,37)/t26-,27-/m0/s1. The van der Waals surface area contributed by atoms with Gasteiger partial charge in [0.15, 0.2) is 5.11 Å². The van der Waals surface area contributed by atoms with E-state index in [1.165, 1.54) is 6.92 Å². The lowest BCUT2D eigenvalue weighted by atomic mass is 10.0. The van der Waals surface area contributed by atoms with Gasteiger partial charge in [-0.05, 0) is 66.8 Å². The van der Waals surface area contributed by atoms with Gasteiger partial charge < -0.3 is 29.6 Å². The molecular weight excluding hydrogens is 486 g/mol. The van der Waals surface area contributed by atoms with E-state index in [0.717, 1.165) is 28.5 Å². The summed E-state index contributed by atoms with van der Waals surface area (Å²) in [5.41, 5.74) is 4.13. The van der Waals surface area contributed by atoms with Crippen molar-refractivity contribution >= 4 is 34.6 Å². The molecule has 37 heavy (non-hydrogen) atoms. The molecule has 2 N–H and O–H groups in total. The molecule has 0 bridgehead atoms. The average Bonchev–Trinajstić information content (AvgIpc) is 3.53. The molecule has 1 amide bonds. The Morgan fingerprint density at radius 1 is 1.00 bits per heavy atom. The third kappa shape index (κ3) is 4.61. The van der Waals surface area contributed by atoms with E-state index in [-0.39, 0.29) is 18.0 Å². The first-order valence-electron chi connectivity index (χ1n) is 11.8. The molecule has 1 saturated heterocycles. The number of benzene rings is 2. The number of pyridine rings is 1. The van der Waals surface area contributed by atoms with Crippen LogP contribution in [-0.2, 0) is 4.79 Å². The van der Waals surface area contributed by atoms with Crippen LogP contribution < -0.4 is 25.0 Å². The van der Waals surface area contributed by atoms with Gasteiger partial charge in [-0.15, -0.1) is 0 Å². The van der Waals surface area contributed by atoms with E-state index in [4.69, 9.17) is 21.7 Å². The molecule has 5 rings (SSSR count). The highest BCUT2D eigenvalue weighted by Crippen LogP contribution is 2.44. The Morgan fingerprint density at radius 2 is 1.78 bits per heavy atom. The highest BCUT2D eigenvalue weighted by atomic mass is 32.1. The maximum atomic E-state index is 11.9. The number of carbonyl (C=O) groups is 1. The maximum Gasteiger partial charge on any atom is 0.221 e. The lowest BCUT2D eigenvalue weighted by Gasteiger charge is -2.29. The number of thiocarbonyl (C=S) groups is 1. The number of amides is 1. The summed E-state index contributed by atoms with van der Waals surface area (Å²) in [6.07, 6.45) is 3.79. The molecule has 9 heteroatoms. The minimum Gasteiger partial charge on any atom is -0.495 e. The Kier molecular flexibility index (Phi) is 6.78. The number of rotatable bonds is 7. The average molecular weight is 514 g/mol. The summed E-state index contributed by atoms with van der Waals surface area (Å²) >= 11 is 5.89. The number of hydrogen-bond acceptors (Lipinski definition) is 5. The molecule has 1 aliphatic rings. The van der Waals surface area contributed by atoms with E-state index in [2.05, 4.69) is 31.2 Å². The molecule has 188 valence electrons. The summed E-state index contributed by atoms with van der Waals surface area (Å²) in [6, 6.07) is 23.0. The smallest absolute Gasteiger partial charge is 0.221 e. The predicted octanol–water partition coefficient (Wildman–Crippen LogP) is 5.03. The van der Waals surface area contributed by atoms with Crippen LogP contribution in [0.2, 0.25) is 0 Å². The highest BCUT2D eigenvalue weighted by Gasteiger charge is 2.42. The van der Waals surface area contributed by atoms with Crippen molar-refractivity contribution in [3.05, 3.63) is 96.6 Å². The summed E-state index contributed by atoms with van der Waals surface area (Å²) in [5.74, 6) is 1.13. The second-order valence-corrected chi connectivity index (χ2v) is 8.92. The number of carbonyl (C=O) groups excluding carboxylic acids is 1. The lowest BCUT2D eigenvalue weighted by Crippen LogP contribution is -2.30. The number of nitrogens with one attached hydrogen (secondary N) is 2. The zero-order chi connectivity index (χ0) is 25.9. The number of aromatic nitrogens is 2. The Bertz CT molecular complexity index is 1440. The molecule has 0 radical (unpaired) electrons. The van der Waals surface area contributed by atoms with Gasteiger partial charge in [-0.25, -0.2) is 0 Å². The zero-order valence-corrected chi connectivity index (χ0v) is 21.5. The molecule has 0 spiro atoms. The molecule has 0 unspecified atom stereocenters. The molecule has 1 fully saturated rings. The summed E-state index contributed by atoms with van der Waals surface area (Å²) in [7, 11) is 3.24. The molecule has 1 aliphatic heterocycles. The maximum absolute atomic E-state index is 11.9. The van der Waals surface area contributed by atoms with Crippen LogP contribution in [0.5, 0.6) is 11.5 Å². The Labute approximate surface area is 220 Å². The van der Waals surface area contributed by atoms with E-state index in [0.29, 0.717) is 16.5 Å². The highest BCUT2D eigenvalue weighted by molar-refractivity contribution is 7.80. The number of ether oxygens (including phenoxy) is 2. The van der Waals surface area contributed by atoms with Crippen LogP contribution in [0.1, 0.15) is 30.4 Å². The van der Waals surface area contributed by atoms with Gasteiger partial charge in [0, 0.05) is 30.7 Å². The first-order chi connectivity index (χ1) is 18.0. The van der Waals surface area contributed by atoms with E-state index in [1.54, 1.807) is 20.4 Å². The monoisotopic (exact) mass is 513 g/mol. The van der Waals surface area contributed by atoms with Crippen LogP contribution in [0.25, 0.3) is 5.69 Å². The van der Waals surface area contributed by atoms with Crippen LogP contribution in [0, 0.1) is 0 Å². The van der Waals surface area contributed by atoms with Crippen molar-refractivity contribution in [2.75, 3.05) is 24.4 Å². The van der Waals surface area contributed by atoms with Crippen LogP contribution in [0.15, 0.2) is 85.2 Å². The van der Waals surface area contributed by atoms with Crippen molar-refractivity contribution in [1.29, 1.82) is 0 Å². The van der Waals surface area contributed by atoms with Crippen LogP contribution >= 0.6 is 12.2 Å². The van der Waals surface area contributed by atoms with E-state index >= 15 is 0 Å². The lowest BCUT2D eigenvalue weighted by molar-refractivity contribution is -0.114. The molecule has 4 aromatic rings. The fourth-order valence-electron chi connectivity index (χ4n) is 4.75. The van der Waals surface area contributed by atoms with E-state index in [1.807, 2.05) is 72.9 Å². The number of nitrogens with zero attached hydrogens (tertiary/aromatic N) is 3. The molecular formula is C28H27N5O3S. The largest absolute Gasteiger partial charge is 0.495 e. The Morgan fingerprint density at radius 3 is 2.51 bits per heavy atom. The number of anilines is 2. The van der Waals surface area contributed by atoms with Gasteiger partial charge in [0.25, 0.3) is 0 Å². The fraction of sp³-hybridized carbons (Fsp3) is 0.179. The van der Waals surface area contributed by atoms with Gasteiger partial charge in [0.05, 0.1) is 37.3 Å². The normalized spacial score (nSPS) is 16.8. The van der Waals surface area contributed by atoms with Crippen LogP contribution in [0.3, 0.4) is 0 Å². The van der Waals surface area contributed by atoms with Gasteiger partial charge in [-0.1, -0.05) is 18.2 Å². The number of hydrogen-bond donors (Lipinski definition) is 2. The summed E-state index contributed by atoms with van der Waals surface area (Å²) in [5, 5.41) is 6.89. The van der Waals surface area contributed by atoms with Crippen molar-refractivity contribution in [2.45, 2.75) is 19.0 Å². The first kappa shape index (κ1) is 24.3. The third-order valence-corrected chi connectivity index (χ3v) is 6.61. The zero-order valence-electron chi connectivity index (χ0n) is 20.7. The summed E-state index contributed by atoms with van der Waals surface area (Å²) < 4.78 is 13.3. The second-order valence-electron chi connectivity index (χ2n) is 8.54. The number of para-hydroxylation sites is 2. The van der Waals surface area contributed by atoms with Crippen molar-refractivity contribution in [2.24, 2.45) is 0 Å². The van der Waals surface area contributed by atoms with Gasteiger partial charge in [0.1, 0.15) is 17.5 Å². The topological polar surface area (TPSA) is 80.7 Å². The van der Waals surface area contributed by atoms with E-state index in [9.17, 15) is 4.79 Å². The Hall–Kier alpha value is -4.37.